The van der Waals surface area contributed by atoms with Gasteiger partial charge in [0, 0.05) is 6.20 Å². The second kappa shape index (κ2) is 8.91. The number of aromatic nitrogens is 4. The number of pyridine rings is 1. The summed E-state index contributed by atoms with van der Waals surface area (Å²) in [5.74, 6) is 0.237. The van der Waals surface area contributed by atoms with E-state index in [2.05, 4.69) is 15.3 Å². The van der Waals surface area contributed by atoms with Gasteiger partial charge < -0.3 is 10.1 Å². The Kier molecular flexibility index (Phi) is 5.64. The highest BCUT2D eigenvalue weighted by atomic mass is 32.1. The summed E-state index contributed by atoms with van der Waals surface area (Å²) < 4.78 is 8.45. The fourth-order valence-corrected chi connectivity index (χ4v) is 4.56. The van der Waals surface area contributed by atoms with Crippen molar-refractivity contribution in [3.63, 3.8) is 0 Å². The molecule has 0 fully saturated rings. The molecule has 3 aromatic heterocycles. The van der Waals surface area contributed by atoms with Crippen molar-refractivity contribution in [2.45, 2.75) is 13.1 Å². The number of nitrogens with zero attached hydrogens (tertiary/aromatic N) is 4. The van der Waals surface area contributed by atoms with Crippen LogP contribution < -0.4 is 21.3 Å². The molecule has 0 saturated carbocycles. The van der Waals surface area contributed by atoms with Gasteiger partial charge in [0.05, 0.1) is 29.4 Å². The Bertz CT molecular complexity index is 1600. The summed E-state index contributed by atoms with van der Waals surface area (Å²) >= 11 is 1.35. The number of carbonyl (C=O) groups is 1. The maximum Gasteiger partial charge on any atom is 0.332 e. The molecule has 0 atom stereocenters. The van der Waals surface area contributed by atoms with E-state index in [1.54, 1.807) is 43.5 Å². The first-order chi connectivity index (χ1) is 16.5. The summed E-state index contributed by atoms with van der Waals surface area (Å²) in [5, 5.41) is 3.19. The highest BCUT2D eigenvalue weighted by Crippen LogP contribution is 2.25. The van der Waals surface area contributed by atoms with Gasteiger partial charge in [0.1, 0.15) is 12.3 Å². The van der Waals surface area contributed by atoms with Crippen LogP contribution >= 0.6 is 11.3 Å². The number of benzene rings is 2. The maximum absolute atomic E-state index is 13.3. The molecular formula is C24H19N5O4S. The van der Waals surface area contributed by atoms with Gasteiger partial charge in [0.2, 0.25) is 5.91 Å². The van der Waals surface area contributed by atoms with Crippen LogP contribution in [-0.4, -0.2) is 32.1 Å². The van der Waals surface area contributed by atoms with E-state index in [0.717, 1.165) is 20.3 Å². The average Bonchev–Trinajstić information content (AvgIpc) is 3.27. The molecule has 9 nitrogen and oxygen atoms in total. The number of hydrogen-bond acceptors (Lipinski definition) is 7. The minimum atomic E-state index is -0.597. The second-order valence-electron chi connectivity index (χ2n) is 7.51. The monoisotopic (exact) mass is 473 g/mol. The Morgan fingerprint density at radius 2 is 1.82 bits per heavy atom. The van der Waals surface area contributed by atoms with Crippen molar-refractivity contribution in [3.8, 4) is 5.75 Å². The molecule has 0 aliphatic rings. The van der Waals surface area contributed by atoms with Crippen LogP contribution in [0.25, 0.3) is 21.3 Å². The van der Waals surface area contributed by atoms with E-state index in [4.69, 9.17) is 4.74 Å². The molecule has 34 heavy (non-hydrogen) atoms. The molecule has 10 heteroatoms. The maximum atomic E-state index is 13.3. The molecule has 0 spiro atoms. The standard InChI is InChI=1S/C24H19N5O4S/c1-33-16-10-8-15(9-11-16)13-29-22(31)21-18(6-4-12-25-21)28(24(29)32)14-20(30)27-23-26-17-5-2-3-7-19(17)34-23/h2-12H,13-14H2,1H3,(H,26,27,30). The van der Waals surface area contributed by atoms with Gasteiger partial charge in [-0.05, 0) is 42.0 Å². The summed E-state index contributed by atoms with van der Waals surface area (Å²) in [7, 11) is 1.56. The van der Waals surface area contributed by atoms with E-state index in [1.165, 1.54) is 22.1 Å². The Morgan fingerprint density at radius 3 is 2.59 bits per heavy atom. The molecule has 0 radical (unpaired) electrons. The molecule has 170 valence electrons. The molecule has 1 amide bonds. The molecule has 0 saturated heterocycles. The Hall–Kier alpha value is -4.31. The predicted molar refractivity (Wildman–Crippen MR) is 131 cm³/mol. The Morgan fingerprint density at radius 1 is 1.03 bits per heavy atom. The van der Waals surface area contributed by atoms with Crippen molar-refractivity contribution in [1.82, 2.24) is 19.1 Å². The van der Waals surface area contributed by atoms with Crippen LogP contribution in [-0.2, 0) is 17.9 Å². The highest BCUT2D eigenvalue weighted by molar-refractivity contribution is 7.22. The number of hydrogen-bond donors (Lipinski definition) is 1. The van der Waals surface area contributed by atoms with Crippen molar-refractivity contribution < 1.29 is 9.53 Å². The van der Waals surface area contributed by atoms with Gasteiger partial charge in [-0.1, -0.05) is 35.6 Å². The molecule has 2 aromatic carbocycles. The fraction of sp³-hybridized carbons (Fsp3) is 0.125. The largest absolute Gasteiger partial charge is 0.497 e. The van der Waals surface area contributed by atoms with Crippen molar-refractivity contribution in [2.24, 2.45) is 0 Å². The van der Waals surface area contributed by atoms with Gasteiger partial charge in [-0.3, -0.25) is 18.7 Å². The summed E-state index contributed by atoms with van der Waals surface area (Å²) in [6.45, 7) is -0.256. The van der Waals surface area contributed by atoms with E-state index >= 15 is 0 Å². The van der Waals surface area contributed by atoms with Crippen molar-refractivity contribution in [1.29, 1.82) is 0 Å². The van der Waals surface area contributed by atoms with Crippen LogP contribution in [0, 0.1) is 0 Å². The van der Waals surface area contributed by atoms with Gasteiger partial charge in [-0.25, -0.2) is 14.8 Å². The molecular weight excluding hydrogens is 454 g/mol. The molecule has 1 N–H and O–H groups in total. The fourth-order valence-electron chi connectivity index (χ4n) is 3.68. The lowest BCUT2D eigenvalue weighted by Crippen LogP contribution is -2.42. The summed E-state index contributed by atoms with van der Waals surface area (Å²) in [5.41, 5.74) is 0.815. The van der Waals surface area contributed by atoms with Crippen LogP contribution in [0.3, 0.4) is 0 Å². The van der Waals surface area contributed by atoms with Gasteiger partial charge >= 0.3 is 5.69 Å². The van der Waals surface area contributed by atoms with Gasteiger partial charge in [0.15, 0.2) is 10.6 Å². The van der Waals surface area contributed by atoms with Crippen LogP contribution in [0.1, 0.15) is 5.56 Å². The number of para-hydroxylation sites is 1. The number of nitrogens with one attached hydrogen (secondary N) is 1. The second-order valence-corrected chi connectivity index (χ2v) is 8.54. The zero-order valence-corrected chi connectivity index (χ0v) is 18.9. The third-order valence-electron chi connectivity index (χ3n) is 5.33. The highest BCUT2D eigenvalue weighted by Gasteiger charge is 2.17. The minimum Gasteiger partial charge on any atom is -0.497 e. The third kappa shape index (κ3) is 4.06. The Labute approximate surface area is 196 Å². The average molecular weight is 474 g/mol. The van der Waals surface area contributed by atoms with E-state index in [9.17, 15) is 14.4 Å². The summed E-state index contributed by atoms with van der Waals surface area (Å²) in [4.78, 5) is 47.8. The van der Waals surface area contributed by atoms with Crippen molar-refractivity contribution in [3.05, 3.63) is 93.3 Å². The number of rotatable bonds is 6. The lowest BCUT2D eigenvalue weighted by Gasteiger charge is -2.13. The van der Waals surface area contributed by atoms with Gasteiger partial charge in [-0.15, -0.1) is 0 Å². The third-order valence-corrected chi connectivity index (χ3v) is 6.28. The number of anilines is 1. The number of fused-ring (bicyclic) bond motifs is 2. The minimum absolute atomic E-state index is 0.0354. The topological polar surface area (TPSA) is 108 Å². The van der Waals surface area contributed by atoms with Crippen LogP contribution in [0.4, 0.5) is 5.13 Å². The van der Waals surface area contributed by atoms with Crippen LogP contribution in [0.2, 0.25) is 0 Å². The summed E-state index contributed by atoms with van der Waals surface area (Å²) in [6, 6.07) is 17.8. The van der Waals surface area contributed by atoms with E-state index in [-0.39, 0.29) is 18.6 Å². The lowest BCUT2D eigenvalue weighted by atomic mass is 10.2. The molecule has 5 rings (SSSR count). The number of amides is 1. The molecule has 3 heterocycles. The Balaban J connectivity index is 1.50. The van der Waals surface area contributed by atoms with E-state index in [1.807, 2.05) is 24.3 Å². The SMILES string of the molecule is COc1ccc(Cn2c(=O)c3ncccc3n(CC(=O)Nc3nc4ccccc4s3)c2=O)cc1. The van der Waals surface area contributed by atoms with Gasteiger partial charge in [-0.2, -0.15) is 0 Å². The predicted octanol–water partition coefficient (Wildman–Crippen LogP) is 2.86. The van der Waals surface area contributed by atoms with Crippen molar-refractivity contribution >= 4 is 43.6 Å². The van der Waals surface area contributed by atoms with Crippen LogP contribution in [0.5, 0.6) is 5.75 Å². The first-order valence-electron chi connectivity index (χ1n) is 10.4. The molecule has 0 aliphatic heterocycles. The zero-order valence-electron chi connectivity index (χ0n) is 18.1. The number of thiazole rings is 1. The van der Waals surface area contributed by atoms with E-state index in [0.29, 0.717) is 16.4 Å². The number of carbonyl (C=O) groups excluding carboxylic acids is 1. The number of ether oxygens (including phenoxy) is 1. The lowest BCUT2D eigenvalue weighted by molar-refractivity contribution is -0.116. The van der Waals surface area contributed by atoms with Gasteiger partial charge in [0.25, 0.3) is 5.56 Å². The molecule has 0 bridgehead atoms. The zero-order chi connectivity index (χ0) is 23.7. The first-order valence-corrected chi connectivity index (χ1v) is 11.2. The summed E-state index contributed by atoms with van der Waals surface area (Å²) in [6.07, 6.45) is 1.48. The smallest absolute Gasteiger partial charge is 0.332 e. The molecule has 5 aromatic rings. The molecule has 0 aliphatic carbocycles. The van der Waals surface area contributed by atoms with Crippen molar-refractivity contribution in [2.75, 3.05) is 12.4 Å². The first kappa shape index (κ1) is 21.5. The number of methoxy groups -OCH3 is 1. The quantitative estimate of drug-likeness (QED) is 0.406. The molecule has 0 unspecified atom stereocenters. The van der Waals surface area contributed by atoms with Crippen LogP contribution in [0.15, 0.2) is 76.4 Å². The normalized spacial score (nSPS) is 11.1. The van der Waals surface area contributed by atoms with E-state index < -0.39 is 17.2 Å².